The highest BCUT2D eigenvalue weighted by Crippen LogP contribution is 2.56. The van der Waals surface area contributed by atoms with Gasteiger partial charge in [0.2, 0.25) is 11.8 Å². The predicted molar refractivity (Wildman–Crippen MR) is 73.7 cm³/mol. The van der Waals surface area contributed by atoms with Crippen molar-refractivity contribution in [1.82, 2.24) is 0 Å². The Morgan fingerprint density at radius 1 is 1.00 bits per heavy atom. The fourth-order valence-electron chi connectivity index (χ4n) is 4.42. The van der Waals surface area contributed by atoms with Gasteiger partial charge in [0.25, 0.3) is 0 Å². The van der Waals surface area contributed by atoms with Gasteiger partial charge in [-0.1, -0.05) is 0 Å². The Kier molecular flexibility index (Phi) is 2.49. The van der Waals surface area contributed by atoms with E-state index in [1.165, 1.54) is 17.0 Å². The van der Waals surface area contributed by atoms with Crippen LogP contribution in [0.1, 0.15) is 29.6 Å². The van der Waals surface area contributed by atoms with Gasteiger partial charge < -0.3 is 5.11 Å². The second-order valence-corrected chi connectivity index (χ2v) is 6.25. The summed E-state index contributed by atoms with van der Waals surface area (Å²) in [6.07, 6.45) is 3.12. The van der Waals surface area contributed by atoms with E-state index in [9.17, 15) is 14.4 Å². The molecule has 3 fully saturated rings. The number of carbonyl (C=O) groups excluding carboxylic acids is 2. The zero-order valence-corrected chi connectivity index (χ0v) is 11.4. The largest absolute Gasteiger partial charge is 0.478 e. The van der Waals surface area contributed by atoms with E-state index in [0.717, 1.165) is 19.3 Å². The summed E-state index contributed by atoms with van der Waals surface area (Å²) in [5.41, 5.74) is 0.641. The minimum Gasteiger partial charge on any atom is -0.478 e. The van der Waals surface area contributed by atoms with Crippen LogP contribution in [-0.2, 0) is 9.59 Å². The number of fused-ring (bicyclic) bond motifs is 5. The Hall–Kier alpha value is -2.17. The lowest BCUT2D eigenvalue weighted by Gasteiger charge is -2.19. The third-order valence-electron chi connectivity index (χ3n) is 5.30. The molecule has 3 aliphatic rings. The van der Waals surface area contributed by atoms with Gasteiger partial charge in [-0.3, -0.25) is 14.5 Å². The number of carbonyl (C=O) groups is 3. The van der Waals surface area contributed by atoms with E-state index in [0.29, 0.717) is 17.5 Å². The average Bonchev–Trinajstić information content (AvgIpc) is 3.13. The Morgan fingerprint density at radius 3 is 2.00 bits per heavy atom. The summed E-state index contributed by atoms with van der Waals surface area (Å²) in [5.74, 6) is -0.777. The van der Waals surface area contributed by atoms with Gasteiger partial charge in [0.05, 0.1) is 23.1 Å². The number of carboxylic acids is 1. The summed E-state index contributed by atoms with van der Waals surface area (Å²) in [7, 11) is 0. The highest BCUT2D eigenvalue weighted by molar-refractivity contribution is 6.22. The zero-order chi connectivity index (χ0) is 14.7. The first kappa shape index (κ1) is 12.6. The van der Waals surface area contributed by atoms with E-state index in [-0.39, 0.29) is 29.2 Å². The first-order valence-corrected chi connectivity index (χ1v) is 7.29. The lowest BCUT2D eigenvalue weighted by Crippen LogP contribution is -2.32. The number of benzene rings is 1. The molecular weight excluding hydrogens is 270 g/mol. The maximum Gasteiger partial charge on any atom is 0.335 e. The normalized spacial score (nSPS) is 33.6. The highest BCUT2D eigenvalue weighted by atomic mass is 16.4. The van der Waals surface area contributed by atoms with Gasteiger partial charge in [0.1, 0.15) is 0 Å². The topological polar surface area (TPSA) is 74.7 Å². The number of hydrogen-bond donors (Lipinski definition) is 1. The molecule has 1 aromatic rings. The summed E-state index contributed by atoms with van der Waals surface area (Å²) in [5, 5.41) is 8.91. The van der Waals surface area contributed by atoms with Gasteiger partial charge in [-0.2, -0.15) is 0 Å². The third kappa shape index (κ3) is 1.60. The molecule has 108 valence electrons. The minimum atomic E-state index is -1.02. The van der Waals surface area contributed by atoms with E-state index in [4.69, 9.17) is 5.11 Å². The van der Waals surface area contributed by atoms with E-state index >= 15 is 0 Å². The van der Waals surface area contributed by atoms with Crippen molar-refractivity contribution in [3.05, 3.63) is 29.8 Å². The number of nitrogens with zero attached hydrogens (tertiary/aromatic N) is 1. The maximum absolute atomic E-state index is 12.6. The van der Waals surface area contributed by atoms with Crippen LogP contribution in [0.25, 0.3) is 0 Å². The number of rotatable bonds is 2. The maximum atomic E-state index is 12.6. The van der Waals surface area contributed by atoms with E-state index in [2.05, 4.69) is 0 Å². The molecule has 1 aliphatic heterocycles. The van der Waals surface area contributed by atoms with Crippen LogP contribution in [0.2, 0.25) is 0 Å². The molecule has 2 amide bonds. The predicted octanol–water partition coefficient (Wildman–Crippen LogP) is 1.92. The van der Waals surface area contributed by atoms with Gasteiger partial charge in [-0.25, -0.2) is 4.79 Å². The molecule has 5 nitrogen and oxygen atoms in total. The monoisotopic (exact) mass is 285 g/mol. The van der Waals surface area contributed by atoms with Crippen molar-refractivity contribution in [1.29, 1.82) is 0 Å². The van der Waals surface area contributed by atoms with Gasteiger partial charge >= 0.3 is 5.97 Å². The Bertz CT molecular complexity index is 623. The summed E-state index contributed by atoms with van der Waals surface area (Å²) >= 11 is 0. The van der Waals surface area contributed by atoms with Crippen molar-refractivity contribution in [2.75, 3.05) is 4.90 Å². The molecule has 4 atom stereocenters. The molecule has 5 heteroatoms. The van der Waals surface area contributed by atoms with Crippen LogP contribution in [0.4, 0.5) is 5.69 Å². The third-order valence-corrected chi connectivity index (χ3v) is 5.30. The van der Waals surface area contributed by atoms with E-state index in [1.807, 2.05) is 0 Å². The lowest BCUT2D eigenvalue weighted by atomic mass is 9.81. The summed E-state index contributed by atoms with van der Waals surface area (Å²) in [4.78, 5) is 37.3. The smallest absolute Gasteiger partial charge is 0.335 e. The second kappa shape index (κ2) is 4.16. The van der Waals surface area contributed by atoms with Crippen molar-refractivity contribution >= 4 is 23.5 Å². The quantitative estimate of drug-likeness (QED) is 0.842. The summed E-state index contributed by atoms with van der Waals surface area (Å²) < 4.78 is 0. The van der Waals surface area contributed by atoms with Crippen LogP contribution in [0.5, 0.6) is 0 Å². The molecule has 0 radical (unpaired) electrons. The number of hydrogen-bond acceptors (Lipinski definition) is 3. The molecule has 21 heavy (non-hydrogen) atoms. The fourth-order valence-corrected chi connectivity index (χ4v) is 4.42. The molecule has 1 aromatic carbocycles. The van der Waals surface area contributed by atoms with Crippen molar-refractivity contribution in [3.8, 4) is 0 Å². The van der Waals surface area contributed by atoms with Gasteiger partial charge in [-0.15, -0.1) is 0 Å². The Morgan fingerprint density at radius 2 is 1.52 bits per heavy atom. The van der Waals surface area contributed by atoms with Crippen LogP contribution in [0, 0.1) is 23.7 Å². The van der Waals surface area contributed by atoms with Crippen molar-refractivity contribution in [3.63, 3.8) is 0 Å². The van der Waals surface area contributed by atoms with Crippen LogP contribution >= 0.6 is 0 Å². The fraction of sp³-hybridized carbons (Fsp3) is 0.438. The number of aromatic carboxylic acids is 1. The molecule has 2 saturated carbocycles. The second-order valence-electron chi connectivity index (χ2n) is 6.25. The molecule has 2 bridgehead atoms. The molecular formula is C16H15NO4. The van der Waals surface area contributed by atoms with Crippen LogP contribution < -0.4 is 4.90 Å². The van der Waals surface area contributed by atoms with E-state index < -0.39 is 5.97 Å². The van der Waals surface area contributed by atoms with Crippen LogP contribution in [-0.4, -0.2) is 22.9 Å². The number of amides is 2. The number of anilines is 1. The van der Waals surface area contributed by atoms with E-state index in [1.54, 1.807) is 12.1 Å². The van der Waals surface area contributed by atoms with Crippen molar-refractivity contribution < 1.29 is 19.5 Å². The molecule has 0 spiro atoms. The summed E-state index contributed by atoms with van der Waals surface area (Å²) in [6.45, 7) is 0. The average molecular weight is 285 g/mol. The number of carboxylic acid groups (broad SMARTS) is 1. The summed E-state index contributed by atoms with van der Waals surface area (Å²) in [6, 6.07) is 5.95. The van der Waals surface area contributed by atoms with Gasteiger partial charge in [0, 0.05) is 0 Å². The lowest BCUT2D eigenvalue weighted by molar-refractivity contribution is -0.123. The first-order chi connectivity index (χ1) is 10.1. The minimum absolute atomic E-state index is 0.0970. The van der Waals surface area contributed by atoms with Crippen LogP contribution in [0.15, 0.2) is 24.3 Å². The molecule has 0 unspecified atom stereocenters. The molecule has 1 saturated heterocycles. The molecule has 2 aliphatic carbocycles. The zero-order valence-electron chi connectivity index (χ0n) is 11.4. The Labute approximate surface area is 121 Å². The standard InChI is InChI=1S/C16H15NO4/c18-14-12-9-1-2-10(7-9)13(12)15(19)17(14)11-5-3-8(4-6-11)16(20)21/h3-6,9-10,12-13H,1-2,7H2,(H,20,21)/t9-,10-,12-,13-/m0/s1. The first-order valence-electron chi connectivity index (χ1n) is 7.29. The molecule has 0 aromatic heterocycles. The molecule has 4 rings (SSSR count). The SMILES string of the molecule is O=C(O)c1ccc(N2C(=O)[C@H]3[C@H]4CC[C@@H](C4)[C@@H]3C2=O)cc1. The molecule has 1 heterocycles. The van der Waals surface area contributed by atoms with Crippen molar-refractivity contribution in [2.24, 2.45) is 23.7 Å². The Balaban J connectivity index is 1.68. The van der Waals surface area contributed by atoms with Gasteiger partial charge in [-0.05, 0) is 55.4 Å². The highest BCUT2D eigenvalue weighted by Gasteiger charge is 2.61. The van der Waals surface area contributed by atoms with Crippen molar-refractivity contribution in [2.45, 2.75) is 19.3 Å². The molecule has 1 N–H and O–H groups in total. The number of imide groups is 1. The van der Waals surface area contributed by atoms with Crippen LogP contribution in [0.3, 0.4) is 0 Å². The van der Waals surface area contributed by atoms with Gasteiger partial charge in [0.15, 0.2) is 0 Å².